The van der Waals surface area contributed by atoms with E-state index in [1.807, 2.05) is 56.3 Å². The fraction of sp³-hybridized carbons (Fsp3) is 0.263. The van der Waals surface area contributed by atoms with E-state index < -0.39 is 6.10 Å². The molecule has 5 nitrogen and oxygen atoms in total. The maximum Gasteiger partial charge on any atom is 0.280 e. The maximum atomic E-state index is 12.0. The number of methoxy groups -OCH3 is 1. The fourth-order valence-corrected chi connectivity index (χ4v) is 2.03. The van der Waals surface area contributed by atoms with Crippen molar-refractivity contribution < 1.29 is 14.3 Å². The smallest absolute Gasteiger partial charge is 0.280 e. The molecular formula is C19H22N2O3. The number of hydrogen-bond acceptors (Lipinski definition) is 4. The molecule has 126 valence electrons. The van der Waals surface area contributed by atoms with Crippen LogP contribution in [0.4, 0.5) is 0 Å². The Bertz CT molecular complexity index is 741. The van der Waals surface area contributed by atoms with Crippen LogP contribution >= 0.6 is 0 Å². The van der Waals surface area contributed by atoms with Crippen LogP contribution in [0.3, 0.4) is 0 Å². The Morgan fingerprint density at radius 1 is 1.12 bits per heavy atom. The lowest BCUT2D eigenvalue weighted by Crippen LogP contribution is -2.33. The summed E-state index contributed by atoms with van der Waals surface area (Å²) in [5.74, 6) is 1.08. The van der Waals surface area contributed by atoms with Gasteiger partial charge in [0.25, 0.3) is 5.91 Å². The number of nitrogens with zero attached hydrogens (tertiary/aromatic N) is 1. The van der Waals surface area contributed by atoms with E-state index in [2.05, 4.69) is 10.5 Å². The molecule has 0 radical (unpaired) electrons. The minimum absolute atomic E-state index is 0.313. The molecule has 5 heteroatoms. The second-order valence-electron chi connectivity index (χ2n) is 5.52. The number of nitrogens with one attached hydrogen (secondary N) is 1. The molecule has 0 aliphatic heterocycles. The van der Waals surface area contributed by atoms with Gasteiger partial charge >= 0.3 is 0 Å². The van der Waals surface area contributed by atoms with E-state index in [0.717, 1.165) is 16.9 Å². The molecule has 24 heavy (non-hydrogen) atoms. The average molecular weight is 326 g/mol. The third kappa shape index (κ3) is 4.84. The molecule has 1 N–H and O–H groups in total. The monoisotopic (exact) mass is 326 g/mol. The van der Waals surface area contributed by atoms with Crippen LogP contribution in [-0.4, -0.2) is 25.3 Å². The normalized spacial score (nSPS) is 12.0. The van der Waals surface area contributed by atoms with Gasteiger partial charge in [-0.15, -0.1) is 0 Å². The summed E-state index contributed by atoms with van der Waals surface area (Å²) in [7, 11) is 1.60. The van der Waals surface area contributed by atoms with Crippen molar-refractivity contribution in [2.45, 2.75) is 26.9 Å². The molecule has 0 aliphatic carbocycles. The van der Waals surface area contributed by atoms with Gasteiger partial charge in [0, 0.05) is 0 Å². The van der Waals surface area contributed by atoms with Crippen LogP contribution in [0, 0.1) is 13.8 Å². The highest BCUT2D eigenvalue weighted by atomic mass is 16.5. The third-order valence-electron chi connectivity index (χ3n) is 3.64. The van der Waals surface area contributed by atoms with Gasteiger partial charge in [0.05, 0.1) is 13.3 Å². The van der Waals surface area contributed by atoms with E-state index in [-0.39, 0.29) is 5.91 Å². The minimum Gasteiger partial charge on any atom is -0.497 e. The van der Waals surface area contributed by atoms with Gasteiger partial charge in [-0.25, -0.2) is 5.43 Å². The van der Waals surface area contributed by atoms with Crippen molar-refractivity contribution in [3.05, 3.63) is 59.2 Å². The molecule has 0 spiro atoms. The minimum atomic E-state index is -0.644. The van der Waals surface area contributed by atoms with Crippen molar-refractivity contribution in [3.63, 3.8) is 0 Å². The molecular weight excluding hydrogens is 304 g/mol. The Morgan fingerprint density at radius 3 is 2.62 bits per heavy atom. The number of carbonyl (C=O) groups excluding carboxylic acids is 1. The zero-order valence-electron chi connectivity index (χ0n) is 14.4. The van der Waals surface area contributed by atoms with Gasteiger partial charge in [-0.3, -0.25) is 4.79 Å². The molecule has 0 saturated heterocycles. The number of ether oxygens (including phenoxy) is 2. The zero-order valence-corrected chi connectivity index (χ0v) is 14.4. The maximum absolute atomic E-state index is 12.0. The first-order valence-corrected chi connectivity index (χ1v) is 7.70. The molecule has 0 aromatic heterocycles. The fourth-order valence-electron chi connectivity index (χ4n) is 2.03. The Hall–Kier alpha value is -2.82. The summed E-state index contributed by atoms with van der Waals surface area (Å²) in [6, 6.07) is 13.1. The predicted octanol–water partition coefficient (Wildman–Crippen LogP) is 3.23. The average Bonchev–Trinajstić information content (AvgIpc) is 2.58. The molecule has 0 aliphatic rings. The van der Waals surface area contributed by atoms with Crippen LogP contribution in [0.5, 0.6) is 11.5 Å². The first-order valence-electron chi connectivity index (χ1n) is 7.70. The van der Waals surface area contributed by atoms with Crippen LogP contribution in [0.15, 0.2) is 47.6 Å². The molecule has 1 atom stereocenters. The third-order valence-corrected chi connectivity index (χ3v) is 3.64. The van der Waals surface area contributed by atoms with E-state index in [9.17, 15) is 4.79 Å². The van der Waals surface area contributed by atoms with Crippen LogP contribution in [-0.2, 0) is 4.79 Å². The van der Waals surface area contributed by atoms with Crippen molar-refractivity contribution in [3.8, 4) is 11.5 Å². The molecule has 1 amide bonds. The molecule has 0 fully saturated rings. The van der Waals surface area contributed by atoms with E-state index in [1.165, 1.54) is 5.56 Å². The largest absolute Gasteiger partial charge is 0.497 e. The highest BCUT2D eigenvalue weighted by Crippen LogP contribution is 2.17. The van der Waals surface area contributed by atoms with Gasteiger partial charge < -0.3 is 9.47 Å². The molecule has 2 aromatic carbocycles. The van der Waals surface area contributed by atoms with Gasteiger partial charge in [-0.1, -0.05) is 18.2 Å². The number of hydrazone groups is 1. The number of hydrogen-bond donors (Lipinski definition) is 1. The molecule has 1 unspecified atom stereocenters. The second-order valence-corrected chi connectivity index (χ2v) is 5.52. The second kappa shape index (κ2) is 8.15. The van der Waals surface area contributed by atoms with Crippen molar-refractivity contribution in [1.82, 2.24) is 5.43 Å². The van der Waals surface area contributed by atoms with Crippen LogP contribution in [0.2, 0.25) is 0 Å². The van der Waals surface area contributed by atoms with Crippen LogP contribution in [0.1, 0.15) is 23.6 Å². The number of carbonyl (C=O) groups is 1. The summed E-state index contributed by atoms with van der Waals surface area (Å²) in [6.45, 7) is 5.72. The molecule has 2 rings (SSSR count). The quantitative estimate of drug-likeness (QED) is 0.655. The van der Waals surface area contributed by atoms with E-state index in [0.29, 0.717) is 5.75 Å². The zero-order chi connectivity index (χ0) is 17.5. The SMILES string of the molecule is COc1cccc(/C=N/NC(=O)C(C)Oc2ccc(C)c(C)c2)c1. The van der Waals surface area contributed by atoms with Gasteiger partial charge in [-0.05, 0) is 61.7 Å². The Kier molecular flexibility index (Phi) is 5.95. The summed E-state index contributed by atoms with van der Waals surface area (Å²) in [5.41, 5.74) is 5.61. The van der Waals surface area contributed by atoms with Crippen molar-refractivity contribution in [2.24, 2.45) is 5.10 Å². The summed E-state index contributed by atoms with van der Waals surface area (Å²) < 4.78 is 10.8. The van der Waals surface area contributed by atoms with E-state index in [1.54, 1.807) is 20.2 Å². The number of aryl methyl sites for hydroxylation is 2. The number of amides is 1. The molecule has 2 aromatic rings. The van der Waals surface area contributed by atoms with Crippen LogP contribution < -0.4 is 14.9 Å². The number of benzene rings is 2. The van der Waals surface area contributed by atoms with Gasteiger partial charge in [0.1, 0.15) is 11.5 Å². The predicted molar refractivity (Wildman–Crippen MR) is 94.7 cm³/mol. The summed E-state index contributed by atoms with van der Waals surface area (Å²) in [5, 5.41) is 3.95. The number of rotatable bonds is 6. The standard InChI is InChI=1S/C19H22N2O3/c1-13-8-9-18(10-14(13)2)24-15(3)19(22)21-20-12-16-6-5-7-17(11-16)23-4/h5-12,15H,1-4H3,(H,21,22)/b20-12+. The van der Waals surface area contributed by atoms with Crippen molar-refractivity contribution in [1.29, 1.82) is 0 Å². The van der Waals surface area contributed by atoms with Crippen molar-refractivity contribution in [2.75, 3.05) is 7.11 Å². The Balaban J connectivity index is 1.91. The van der Waals surface area contributed by atoms with Gasteiger partial charge in [0.15, 0.2) is 6.10 Å². The summed E-state index contributed by atoms with van der Waals surface area (Å²) in [4.78, 5) is 12.0. The lowest BCUT2D eigenvalue weighted by atomic mass is 10.1. The highest BCUT2D eigenvalue weighted by Gasteiger charge is 2.14. The Morgan fingerprint density at radius 2 is 1.92 bits per heavy atom. The van der Waals surface area contributed by atoms with E-state index in [4.69, 9.17) is 9.47 Å². The molecule has 0 bridgehead atoms. The van der Waals surface area contributed by atoms with Gasteiger partial charge in [-0.2, -0.15) is 5.10 Å². The highest BCUT2D eigenvalue weighted by molar-refractivity contribution is 5.84. The lowest BCUT2D eigenvalue weighted by Gasteiger charge is -2.14. The van der Waals surface area contributed by atoms with E-state index >= 15 is 0 Å². The van der Waals surface area contributed by atoms with Gasteiger partial charge in [0.2, 0.25) is 0 Å². The lowest BCUT2D eigenvalue weighted by molar-refractivity contribution is -0.127. The van der Waals surface area contributed by atoms with Crippen molar-refractivity contribution >= 4 is 12.1 Å². The Labute approximate surface area is 142 Å². The summed E-state index contributed by atoms with van der Waals surface area (Å²) >= 11 is 0. The molecule has 0 saturated carbocycles. The first kappa shape index (κ1) is 17.5. The van der Waals surface area contributed by atoms with Crippen LogP contribution in [0.25, 0.3) is 0 Å². The first-order chi connectivity index (χ1) is 11.5. The molecule has 0 heterocycles. The topological polar surface area (TPSA) is 59.9 Å². The summed E-state index contributed by atoms with van der Waals surface area (Å²) in [6.07, 6.45) is 0.915.